The van der Waals surface area contributed by atoms with Crippen molar-refractivity contribution in [2.45, 2.75) is 6.92 Å². The van der Waals surface area contributed by atoms with Crippen molar-refractivity contribution < 1.29 is 9.59 Å². The lowest BCUT2D eigenvalue weighted by molar-refractivity contribution is -0.112. The van der Waals surface area contributed by atoms with E-state index in [4.69, 9.17) is 0 Å². The van der Waals surface area contributed by atoms with Crippen LogP contribution in [0.15, 0.2) is 41.0 Å². The van der Waals surface area contributed by atoms with Crippen LogP contribution in [0.1, 0.15) is 16.1 Å². The van der Waals surface area contributed by atoms with Crippen LogP contribution in [-0.4, -0.2) is 16.3 Å². The highest BCUT2D eigenvalue weighted by Crippen LogP contribution is 2.20. The minimum atomic E-state index is -0.636. The Hall–Kier alpha value is -1.88. The van der Waals surface area contributed by atoms with E-state index in [2.05, 4.69) is 21.2 Å². The third kappa shape index (κ3) is 2.93. The molecule has 19 heavy (non-hydrogen) atoms. The SMILES string of the molecule is Cc1cc(NC(=O)C(=O)c2cccn2C)ccc1Br. The number of nitrogens with one attached hydrogen (secondary N) is 1. The lowest BCUT2D eigenvalue weighted by Gasteiger charge is -2.07. The van der Waals surface area contributed by atoms with E-state index >= 15 is 0 Å². The molecule has 1 aromatic carbocycles. The highest BCUT2D eigenvalue weighted by Gasteiger charge is 2.18. The van der Waals surface area contributed by atoms with Gasteiger partial charge in [-0.1, -0.05) is 15.9 Å². The fourth-order valence-electron chi connectivity index (χ4n) is 1.72. The smallest absolute Gasteiger partial charge is 0.298 e. The number of hydrogen-bond acceptors (Lipinski definition) is 2. The van der Waals surface area contributed by atoms with Crippen LogP contribution in [0.4, 0.5) is 5.69 Å². The molecule has 1 N–H and O–H groups in total. The Labute approximate surface area is 119 Å². The first-order valence-electron chi connectivity index (χ1n) is 5.72. The Bertz CT molecular complexity index is 647. The molecule has 0 fully saturated rings. The first-order valence-corrected chi connectivity index (χ1v) is 6.51. The molecule has 4 nitrogen and oxygen atoms in total. The number of rotatable bonds is 3. The summed E-state index contributed by atoms with van der Waals surface area (Å²) in [6.07, 6.45) is 1.73. The van der Waals surface area contributed by atoms with Crippen molar-refractivity contribution in [3.63, 3.8) is 0 Å². The van der Waals surface area contributed by atoms with Gasteiger partial charge in [-0.05, 0) is 42.8 Å². The summed E-state index contributed by atoms with van der Waals surface area (Å²) in [5.74, 6) is -1.18. The minimum Gasteiger partial charge on any atom is -0.348 e. The first-order chi connectivity index (χ1) is 8.99. The standard InChI is InChI=1S/C14H13BrN2O2/c1-9-8-10(5-6-11(9)15)16-14(19)13(18)12-4-3-7-17(12)2/h3-8H,1-2H3,(H,16,19). The van der Waals surface area contributed by atoms with E-state index < -0.39 is 11.7 Å². The number of aryl methyl sites for hydroxylation is 2. The number of amides is 1. The zero-order valence-electron chi connectivity index (χ0n) is 10.6. The summed E-state index contributed by atoms with van der Waals surface area (Å²) in [5, 5.41) is 2.60. The quantitative estimate of drug-likeness (QED) is 0.698. The Kier molecular flexibility index (Phi) is 3.85. The van der Waals surface area contributed by atoms with Crippen molar-refractivity contribution in [1.82, 2.24) is 4.57 Å². The van der Waals surface area contributed by atoms with Crippen LogP contribution in [0, 0.1) is 6.92 Å². The molecular formula is C14H13BrN2O2. The highest BCUT2D eigenvalue weighted by molar-refractivity contribution is 9.10. The van der Waals surface area contributed by atoms with Crippen LogP contribution < -0.4 is 5.32 Å². The third-order valence-electron chi connectivity index (χ3n) is 2.80. The molecule has 0 unspecified atom stereocenters. The second kappa shape index (κ2) is 5.40. The molecule has 0 aliphatic rings. The number of nitrogens with zero attached hydrogens (tertiary/aromatic N) is 1. The van der Waals surface area contributed by atoms with Crippen LogP contribution in [0.25, 0.3) is 0 Å². The summed E-state index contributed by atoms with van der Waals surface area (Å²) >= 11 is 3.38. The maximum Gasteiger partial charge on any atom is 0.298 e. The van der Waals surface area contributed by atoms with Gasteiger partial charge in [0.25, 0.3) is 11.7 Å². The third-order valence-corrected chi connectivity index (χ3v) is 3.69. The predicted molar refractivity (Wildman–Crippen MR) is 77.3 cm³/mol. The summed E-state index contributed by atoms with van der Waals surface area (Å²) in [6.45, 7) is 1.92. The van der Waals surface area contributed by atoms with Gasteiger partial charge < -0.3 is 9.88 Å². The molecule has 1 heterocycles. The number of halogens is 1. The second-order valence-corrected chi connectivity index (χ2v) is 5.11. The van der Waals surface area contributed by atoms with Gasteiger partial charge in [-0.2, -0.15) is 0 Å². The van der Waals surface area contributed by atoms with E-state index in [-0.39, 0.29) is 0 Å². The molecule has 0 radical (unpaired) electrons. The fraction of sp³-hybridized carbons (Fsp3) is 0.143. The average Bonchev–Trinajstić information content (AvgIpc) is 2.79. The minimum absolute atomic E-state index is 0.367. The Morgan fingerprint density at radius 1 is 1.26 bits per heavy atom. The van der Waals surface area contributed by atoms with Gasteiger partial charge in [0.05, 0.1) is 5.69 Å². The summed E-state index contributed by atoms with van der Waals surface area (Å²) in [6, 6.07) is 8.73. The van der Waals surface area contributed by atoms with Gasteiger partial charge >= 0.3 is 0 Å². The number of Topliss-reactive ketones (excluding diaryl/α,β-unsaturated/α-hetero) is 1. The lowest BCUT2D eigenvalue weighted by Crippen LogP contribution is -2.24. The largest absolute Gasteiger partial charge is 0.348 e. The molecule has 0 atom stereocenters. The van der Waals surface area contributed by atoms with E-state index in [1.807, 2.05) is 13.0 Å². The predicted octanol–water partition coefficient (Wildman–Crippen LogP) is 2.92. The van der Waals surface area contributed by atoms with E-state index in [9.17, 15) is 9.59 Å². The zero-order chi connectivity index (χ0) is 14.0. The molecule has 0 spiro atoms. The first kappa shape index (κ1) is 13.5. The molecule has 0 saturated carbocycles. The van der Waals surface area contributed by atoms with Gasteiger partial charge in [-0.15, -0.1) is 0 Å². The van der Waals surface area contributed by atoms with Gasteiger partial charge in [0.1, 0.15) is 0 Å². The van der Waals surface area contributed by atoms with Crippen LogP contribution in [0.5, 0.6) is 0 Å². The normalized spacial score (nSPS) is 10.3. The highest BCUT2D eigenvalue weighted by atomic mass is 79.9. The van der Waals surface area contributed by atoms with Gasteiger partial charge in [-0.25, -0.2) is 0 Å². The second-order valence-electron chi connectivity index (χ2n) is 4.25. The molecule has 0 aliphatic heterocycles. The number of aromatic nitrogens is 1. The summed E-state index contributed by atoms with van der Waals surface area (Å²) < 4.78 is 2.58. The molecule has 2 rings (SSSR count). The van der Waals surface area contributed by atoms with Gasteiger partial charge in [0, 0.05) is 23.4 Å². The van der Waals surface area contributed by atoms with E-state index in [0.717, 1.165) is 10.0 Å². The topological polar surface area (TPSA) is 51.1 Å². The summed E-state index contributed by atoms with van der Waals surface area (Å²) in [4.78, 5) is 23.8. The zero-order valence-corrected chi connectivity index (χ0v) is 12.2. The lowest BCUT2D eigenvalue weighted by atomic mass is 10.2. The van der Waals surface area contributed by atoms with E-state index in [1.54, 1.807) is 42.1 Å². The Morgan fingerprint density at radius 3 is 2.58 bits per heavy atom. The average molecular weight is 321 g/mol. The van der Waals surface area contributed by atoms with E-state index in [1.165, 1.54) is 0 Å². The van der Waals surface area contributed by atoms with Crippen molar-refractivity contribution in [3.8, 4) is 0 Å². The summed E-state index contributed by atoms with van der Waals surface area (Å²) in [5.41, 5.74) is 1.96. The number of hydrogen-bond donors (Lipinski definition) is 1. The molecule has 1 aromatic heterocycles. The Balaban J connectivity index is 2.15. The van der Waals surface area contributed by atoms with Crippen molar-refractivity contribution in [1.29, 1.82) is 0 Å². The van der Waals surface area contributed by atoms with Crippen LogP contribution in [-0.2, 0) is 11.8 Å². The molecule has 0 aliphatic carbocycles. The van der Waals surface area contributed by atoms with Crippen LogP contribution in [0.2, 0.25) is 0 Å². The fourth-order valence-corrected chi connectivity index (χ4v) is 1.97. The van der Waals surface area contributed by atoms with Gasteiger partial charge in [0.2, 0.25) is 0 Å². The maximum absolute atomic E-state index is 11.9. The molecular weight excluding hydrogens is 308 g/mol. The van der Waals surface area contributed by atoms with Gasteiger partial charge in [-0.3, -0.25) is 9.59 Å². The molecule has 1 amide bonds. The van der Waals surface area contributed by atoms with Crippen LogP contribution >= 0.6 is 15.9 Å². The van der Waals surface area contributed by atoms with E-state index in [0.29, 0.717) is 11.4 Å². The number of ketones is 1. The molecule has 5 heteroatoms. The van der Waals surface area contributed by atoms with Crippen molar-refractivity contribution in [3.05, 3.63) is 52.3 Å². The molecule has 2 aromatic rings. The monoisotopic (exact) mass is 320 g/mol. The molecule has 0 bridgehead atoms. The number of anilines is 1. The molecule has 98 valence electrons. The number of benzene rings is 1. The Morgan fingerprint density at radius 2 is 2.00 bits per heavy atom. The number of carbonyl (C=O) groups is 2. The van der Waals surface area contributed by atoms with Crippen molar-refractivity contribution >= 4 is 33.3 Å². The maximum atomic E-state index is 11.9. The number of carbonyl (C=O) groups excluding carboxylic acids is 2. The van der Waals surface area contributed by atoms with Crippen molar-refractivity contribution in [2.75, 3.05) is 5.32 Å². The van der Waals surface area contributed by atoms with Crippen LogP contribution in [0.3, 0.4) is 0 Å². The summed E-state index contributed by atoms with van der Waals surface area (Å²) in [7, 11) is 1.73. The van der Waals surface area contributed by atoms with Gasteiger partial charge in [0.15, 0.2) is 0 Å². The molecule has 0 saturated heterocycles. The van der Waals surface area contributed by atoms with Crippen molar-refractivity contribution in [2.24, 2.45) is 7.05 Å².